The highest BCUT2D eigenvalue weighted by Crippen LogP contribution is 2.59. The predicted molar refractivity (Wildman–Crippen MR) is 122 cm³/mol. The Morgan fingerprint density at radius 3 is 2.03 bits per heavy atom. The maximum Gasteiger partial charge on any atom is 0.307 e. The van der Waals surface area contributed by atoms with E-state index in [1.165, 1.54) is 0 Å². The van der Waals surface area contributed by atoms with Crippen molar-refractivity contribution in [3.05, 3.63) is 29.8 Å². The monoisotopic (exact) mass is 442 g/mol. The molecule has 3 fully saturated rings. The Kier molecular flexibility index (Phi) is 6.27. The second-order valence-electron chi connectivity index (χ2n) is 9.98. The molecule has 0 radical (unpaired) electrons. The number of aliphatic carboxylic acids is 1. The number of carbonyl (C=O) groups is 3. The number of hydrogen-bond donors (Lipinski definition) is 1. The Morgan fingerprint density at radius 2 is 1.50 bits per heavy atom. The summed E-state index contributed by atoms with van der Waals surface area (Å²) in [4.78, 5) is 45.4. The van der Waals surface area contributed by atoms with Gasteiger partial charge in [0, 0.05) is 63.6 Å². The van der Waals surface area contributed by atoms with E-state index in [4.69, 9.17) is 0 Å². The Morgan fingerprint density at radius 1 is 0.906 bits per heavy atom. The van der Waals surface area contributed by atoms with Crippen LogP contribution in [-0.2, 0) is 9.59 Å². The molecule has 32 heavy (non-hydrogen) atoms. The number of rotatable bonds is 6. The number of carbonyl (C=O) groups excluding carboxylic acids is 2. The van der Waals surface area contributed by atoms with Gasteiger partial charge in [0.25, 0.3) is 0 Å². The molecule has 1 N–H and O–H groups in total. The fraction of sp³-hybridized carbons (Fsp3) is 0.625. The van der Waals surface area contributed by atoms with Gasteiger partial charge in [-0.2, -0.15) is 0 Å². The number of likely N-dealkylation sites (N-methyl/N-ethyl adjacent to an activating group) is 1. The lowest BCUT2D eigenvalue weighted by Gasteiger charge is -2.36. The van der Waals surface area contributed by atoms with Crippen molar-refractivity contribution >= 4 is 23.3 Å². The van der Waals surface area contributed by atoms with E-state index >= 15 is 0 Å². The topological polar surface area (TPSA) is 84.4 Å². The number of hydrogen-bond acceptors (Lipinski definition) is 6. The van der Waals surface area contributed by atoms with Crippen molar-refractivity contribution in [3.63, 3.8) is 0 Å². The standard InChI is InChI=1S/C24H34N4O4/c1-24(2)20(21(24)23(31)32)22(30)28-14-12-27(13-15-28)18-6-4-17(5-7-18)19(29)16-26-10-8-25(3)9-11-26/h4-7,20-21H,8-16H2,1-3H3,(H,31,32). The van der Waals surface area contributed by atoms with Crippen molar-refractivity contribution in [1.29, 1.82) is 0 Å². The maximum absolute atomic E-state index is 12.8. The van der Waals surface area contributed by atoms with Gasteiger partial charge in [0.1, 0.15) is 0 Å². The summed E-state index contributed by atoms with van der Waals surface area (Å²) in [5.41, 5.74) is 1.31. The van der Waals surface area contributed by atoms with Crippen LogP contribution in [0.1, 0.15) is 24.2 Å². The van der Waals surface area contributed by atoms with Gasteiger partial charge in [0.2, 0.25) is 5.91 Å². The summed E-state index contributed by atoms with van der Waals surface area (Å²) in [6.07, 6.45) is 0. The third kappa shape index (κ3) is 4.52. The second kappa shape index (κ2) is 8.83. The van der Waals surface area contributed by atoms with Crippen LogP contribution in [0.5, 0.6) is 0 Å². The largest absolute Gasteiger partial charge is 0.481 e. The minimum absolute atomic E-state index is 0.0353. The van der Waals surface area contributed by atoms with Gasteiger partial charge in [-0.3, -0.25) is 19.3 Å². The minimum atomic E-state index is -0.880. The zero-order valence-corrected chi connectivity index (χ0v) is 19.3. The average Bonchev–Trinajstić information content (AvgIpc) is 3.37. The number of carboxylic acids is 1. The van der Waals surface area contributed by atoms with E-state index in [0.717, 1.165) is 37.4 Å². The van der Waals surface area contributed by atoms with Crippen LogP contribution in [0.4, 0.5) is 5.69 Å². The number of benzene rings is 1. The van der Waals surface area contributed by atoms with Gasteiger partial charge in [0.15, 0.2) is 5.78 Å². The van der Waals surface area contributed by atoms with E-state index in [0.29, 0.717) is 32.7 Å². The average molecular weight is 443 g/mol. The molecule has 2 saturated heterocycles. The van der Waals surface area contributed by atoms with Gasteiger partial charge in [-0.15, -0.1) is 0 Å². The minimum Gasteiger partial charge on any atom is -0.481 e. The lowest BCUT2D eigenvalue weighted by Crippen LogP contribution is -2.49. The van der Waals surface area contributed by atoms with Crippen LogP contribution in [0.3, 0.4) is 0 Å². The number of Topliss-reactive ketones (excluding diaryl/α,β-unsaturated/α-hetero) is 1. The first-order chi connectivity index (χ1) is 15.2. The quantitative estimate of drug-likeness (QED) is 0.661. The normalized spacial score (nSPS) is 26.1. The molecule has 8 heteroatoms. The molecule has 1 amide bonds. The zero-order valence-electron chi connectivity index (χ0n) is 19.3. The highest BCUT2D eigenvalue weighted by molar-refractivity contribution is 5.98. The van der Waals surface area contributed by atoms with Gasteiger partial charge in [-0.05, 0) is 36.7 Å². The van der Waals surface area contributed by atoms with E-state index in [1.54, 1.807) is 4.90 Å². The zero-order chi connectivity index (χ0) is 23.0. The molecule has 0 aromatic heterocycles. The summed E-state index contributed by atoms with van der Waals surface area (Å²) in [7, 11) is 2.10. The second-order valence-corrected chi connectivity index (χ2v) is 9.98. The van der Waals surface area contributed by atoms with Crippen LogP contribution >= 0.6 is 0 Å². The summed E-state index contributed by atoms with van der Waals surface area (Å²) in [6.45, 7) is 10.6. The first kappa shape index (κ1) is 22.7. The molecule has 2 heterocycles. The Labute approximate surface area is 189 Å². The molecule has 0 bridgehead atoms. The van der Waals surface area contributed by atoms with Crippen molar-refractivity contribution in [1.82, 2.24) is 14.7 Å². The Bertz CT molecular complexity index is 868. The molecule has 2 atom stereocenters. The summed E-state index contributed by atoms with van der Waals surface area (Å²) in [5, 5.41) is 9.35. The fourth-order valence-electron chi connectivity index (χ4n) is 5.10. The Balaban J connectivity index is 1.28. The van der Waals surface area contributed by atoms with Crippen molar-refractivity contribution in [3.8, 4) is 0 Å². The summed E-state index contributed by atoms with van der Waals surface area (Å²) >= 11 is 0. The Hall–Kier alpha value is -2.45. The summed E-state index contributed by atoms with van der Waals surface area (Å²) in [5.74, 6) is -1.76. The van der Waals surface area contributed by atoms with Crippen LogP contribution in [-0.4, -0.2) is 103 Å². The van der Waals surface area contributed by atoms with Crippen molar-refractivity contribution < 1.29 is 19.5 Å². The molecular formula is C24H34N4O4. The van der Waals surface area contributed by atoms with Gasteiger partial charge < -0.3 is 19.8 Å². The highest BCUT2D eigenvalue weighted by atomic mass is 16.4. The summed E-state index contributed by atoms with van der Waals surface area (Å²) < 4.78 is 0. The van der Waals surface area contributed by atoms with Crippen molar-refractivity contribution in [2.45, 2.75) is 13.8 Å². The molecule has 1 aliphatic carbocycles. The number of ketones is 1. The molecule has 2 aliphatic heterocycles. The number of piperazine rings is 2. The lowest BCUT2D eigenvalue weighted by atomic mass is 10.1. The third-order valence-electron chi connectivity index (χ3n) is 7.47. The SMILES string of the molecule is CN1CCN(CC(=O)c2ccc(N3CCN(C(=O)C4C(C(=O)O)C4(C)C)CC3)cc2)CC1. The number of carboxylic acid groups (broad SMARTS) is 1. The van der Waals surface area contributed by atoms with Gasteiger partial charge in [-0.25, -0.2) is 0 Å². The number of amides is 1. The maximum atomic E-state index is 12.8. The van der Waals surface area contributed by atoms with Crippen LogP contribution in [0.2, 0.25) is 0 Å². The van der Waals surface area contributed by atoms with E-state index in [-0.39, 0.29) is 11.7 Å². The van der Waals surface area contributed by atoms with E-state index in [2.05, 4.69) is 21.7 Å². The molecule has 1 aromatic carbocycles. The molecule has 1 saturated carbocycles. The first-order valence-corrected chi connectivity index (χ1v) is 11.5. The first-order valence-electron chi connectivity index (χ1n) is 11.5. The fourth-order valence-corrected chi connectivity index (χ4v) is 5.10. The van der Waals surface area contributed by atoms with Crippen molar-refractivity contribution in [2.75, 3.05) is 70.9 Å². The van der Waals surface area contributed by atoms with Gasteiger partial charge in [0.05, 0.1) is 18.4 Å². The molecule has 3 aliphatic rings. The van der Waals surface area contributed by atoms with Gasteiger partial charge >= 0.3 is 5.97 Å². The van der Waals surface area contributed by atoms with Gasteiger partial charge in [-0.1, -0.05) is 13.8 Å². The van der Waals surface area contributed by atoms with Crippen LogP contribution in [0.25, 0.3) is 0 Å². The smallest absolute Gasteiger partial charge is 0.307 e. The summed E-state index contributed by atoms with van der Waals surface area (Å²) in [6, 6.07) is 7.77. The molecule has 1 aromatic rings. The molecule has 4 rings (SSSR count). The molecule has 174 valence electrons. The molecule has 0 spiro atoms. The highest BCUT2D eigenvalue weighted by Gasteiger charge is 2.66. The number of nitrogens with zero attached hydrogens (tertiary/aromatic N) is 4. The van der Waals surface area contributed by atoms with E-state index in [1.807, 2.05) is 38.1 Å². The molecule has 8 nitrogen and oxygen atoms in total. The van der Waals surface area contributed by atoms with E-state index < -0.39 is 23.2 Å². The van der Waals surface area contributed by atoms with E-state index in [9.17, 15) is 19.5 Å². The number of anilines is 1. The third-order valence-corrected chi connectivity index (χ3v) is 7.47. The molecule has 2 unspecified atom stereocenters. The van der Waals surface area contributed by atoms with Crippen LogP contribution in [0, 0.1) is 17.3 Å². The lowest BCUT2D eigenvalue weighted by molar-refractivity contribution is -0.142. The van der Waals surface area contributed by atoms with Crippen LogP contribution in [0.15, 0.2) is 24.3 Å². The van der Waals surface area contributed by atoms with Crippen molar-refractivity contribution in [2.24, 2.45) is 17.3 Å². The van der Waals surface area contributed by atoms with Crippen LogP contribution < -0.4 is 4.90 Å². The molecular weight excluding hydrogens is 408 g/mol. The predicted octanol–water partition coefficient (Wildman–Crippen LogP) is 1.12.